The number of rotatable bonds is 3. The van der Waals surface area contributed by atoms with Gasteiger partial charge in [-0.25, -0.2) is 0 Å². The van der Waals surface area contributed by atoms with E-state index in [1.165, 1.54) is 110 Å². The normalized spacial score (nSPS) is 17.5. The van der Waals surface area contributed by atoms with Gasteiger partial charge in [-0.1, -0.05) is 153 Å². The standard InChI is InChI=1S/C55H40S/c1-55(2)49-24-11-9-18-38(49)47-30-44(45-31-46-39-19-10-12-25-50(39)56-51(46)32-48(45)54(47)55)35-16-13-17-36(29-35)52-40-20-5-7-22-42(40)53(43-23-8-6-21-41(43)52)37-27-26-33-14-3-4-15-34(33)28-37/h3-12,14-16,18-31,51H,13,17,32H2,1-2H3. The van der Waals surface area contributed by atoms with Gasteiger partial charge in [-0.2, -0.15) is 0 Å². The second kappa shape index (κ2) is 12.1. The van der Waals surface area contributed by atoms with Crippen molar-refractivity contribution < 1.29 is 0 Å². The summed E-state index contributed by atoms with van der Waals surface area (Å²) < 4.78 is 0. The average Bonchev–Trinajstić information content (AvgIpc) is 3.72. The Hall–Kier alpha value is -5.89. The second-order valence-electron chi connectivity index (χ2n) is 16.6. The average molecular weight is 733 g/mol. The van der Waals surface area contributed by atoms with Crippen molar-refractivity contribution in [3.05, 3.63) is 197 Å². The number of thioether (sulfide) groups is 1. The lowest BCUT2D eigenvalue weighted by Crippen LogP contribution is -2.22. The molecule has 266 valence electrons. The van der Waals surface area contributed by atoms with Crippen molar-refractivity contribution in [2.24, 2.45) is 0 Å². The lowest BCUT2D eigenvalue weighted by atomic mass is 9.73. The van der Waals surface area contributed by atoms with Crippen LogP contribution in [-0.4, -0.2) is 5.25 Å². The predicted molar refractivity (Wildman–Crippen MR) is 241 cm³/mol. The van der Waals surface area contributed by atoms with E-state index in [4.69, 9.17) is 0 Å². The topological polar surface area (TPSA) is 0 Å². The van der Waals surface area contributed by atoms with Gasteiger partial charge in [0.05, 0.1) is 0 Å². The van der Waals surface area contributed by atoms with Gasteiger partial charge in [0.15, 0.2) is 0 Å². The fraction of sp³-hybridized carbons (Fsp3) is 0.127. The van der Waals surface area contributed by atoms with E-state index in [1.54, 1.807) is 5.56 Å². The summed E-state index contributed by atoms with van der Waals surface area (Å²) in [5, 5.41) is 8.29. The Morgan fingerprint density at radius 3 is 2.02 bits per heavy atom. The van der Waals surface area contributed by atoms with Crippen LogP contribution in [0.3, 0.4) is 0 Å². The number of fused-ring (bicyclic) bond motifs is 11. The molecule has 0 saturated carbocycles. The van der Waals surface area contributed by atoms with Crippen LogP contribution in [0.5, 0.6) is 0 Å². The van der Waals surface area contributed by atoms with E-state index in [-0.39, 0.29) is 5.41 Å². The van der Waals surface area contributed by atoms with E-state index < -0.39 is 0 Å². The third kappa shape index (κ3) is 4.61. The highest BCUT2D eigenvalue weighted by Crippen LogP contribution is 2.57. The van der Waals surface area contributed by atoms with Gasteiger partial charge in [-0.05, 0) is 154 Å². The molecule has 3 aliphatic carbocycles. The molecule has 0 nitrogen and oxygen atoms in total. The molecule has 0 radical (unpaired) electrons. The van der Waals surface area contributed by atoms with E-state index in [0.29, 0.717) is 5.25 Å². The molecule has 0 aromatic heterocycles. The maximum atomic E-state index is 2.59. The van der Waals surface area contributed by atoms with Gasteiger partial charge >= 0.3 is 0 Å². The van der Waals surface area contributed by atoms with Crippen LogP contribution >= 0.6 is 11.8 Å². The Bertz CT molecular complexity index is 3050. The smallest absolute Gasteiger partial charge is 0.0391 e. The number of allylic oxidation sites excluding steroid dienone is 4. The molecule has 1 heteroatoms. The molecule has 56 heavy (non-hydrogen) atoms. The summed E-state index contributed by atoms with van der Waals surface area (Å²) in [6.07, 6.45) is 10.8. The summed E-state index contributed by atoms with van der Waals surface area (Å²) in [5.41, 5.74) is 19.8. The quantitative estimate of drug-likeness (QED) is 0.163. The third-order valence-corrected chi connectivity index (χ3v) is 14.5. The first-order chi connectivity index (χ1) is 27.5. The minimum absolute atomic E-state index is 0.0530. The zero-order valence-corrected chi connectivity index (χ0v) is 32.5. The largest absolute Gasteiger partial charge is 0.117 e. The first kappa shape index (κ1) is 32.4. The van der Waals surface area contributed by atoms with Crippen LogP contribution in [0.15, 0.2) is 163 Å². The van der Waals surface area contributed by atoms with Crippen LogP contribution in [0.2, 0.25) is 0 Å². The fourth-order valence-electron chi connectivity index (χ4n) is 10.8. The fourth-order valence-corrected chi connectivity index (χ4v) is 12.1. The van der Waals surface area contributed by atoms with Crippen molar-refractivity contribution in [3.63, 3.8) is 0 Å². The number of benzene rings is 8. The van der Waals surface area contributed by atoms with Crippen molar-refractivity contribution in [1.29, 1.82) is 0 Å². The van der Waals surface area contributed by atoms with Crippen LogP contribution in [0.4, 0.5) is 0 Å². The molecule has 0 saturated heterocycles. The van der Waals surface area contributed by atoms with Crippen molar-refractivity contribution in [1.82, 2.24) is 0 Å². The SMILES string of the molecule is CC1(C)c2ccccc2-c2cc(C3=CCCC(c4c5ccccc5c(-c5ccc6ccccc6c5)c5ccccc45)=C3)c3c(c21)CC1Sc2ccccc2C1=C3. The molecular weight excluding hydrogens is 693 g/mol. The maximum Gasteiger partial charge on any atom is 0.0391 e. The molecule has 0 amide bonds. The highest BCUT2D eigenvalue weighted by atomic mass is 32.2. The first-order valence-corrected chi connectivity index (χ1v) is 21.0. The monoisotopic (exact) mass is 732 g/mol. The van der Waals surface area contributed by atoms with Crippen molar-refractivity contribution in [2.45, 2.75) is 48.7 Å². The highest BCUT2D eigenvalue weighted by molar-refractivity contribution is 8.00. The molecule has 8 aromatic rings. The first-order valence-electron chi connectivity index (χ1n) is 20.1. The molecule has 0 N–H and O–H groups in total. The lowest BCUT2D eigenvalue weighted by Gasteiger charge is -2.31. The molecule has 1 heterocycles. The van der Waals surface area contributed by atoms with E-state index >= 15 is 0 Å². The van der Waals surface area contributed by atoms with Crippen LogP contribution in [-0.2, 0) is 11.8 Å². The summed E-state index contributed by atoms with van der Waals surface area (Å²) in [6.45, 7) is 4.89. The number of hydrogen-bond donors (Lipinski definition) is 0. The maximum absolute atomic E-state index is 2.59. The van der Waals surface area contributed by atoms with Crippen LogP contribution in [0.1, 0.15) is 65.6 Å². The van der Waals surface area contributed by atoms with Crippen molar-refractivity contribution in [3.8, 4) is 22.3 Å². The minimum atomic E-state index is -0.0530. The Kier molecular flexibility index (Phi) is 6.97. The number of hydrogen-bond acceptors (Lipinski definition) is 1. The minimum Gasteiger partial charge on any atom is -0.117 e. The van der Waals surface area contributed by atoms with E-state index in [1.807, 2.05) is 0 Å². The van der Waals surface area contributed by atoms with Crippen LogP contribution < -0.4 is 0 Å². The summed E-state index contributed by atoms with van der Waals surface area (Å²) in [6, 6.07) is 54.7. The summed E-state index contributed by atoms with van der Waals surface area (Å²) in [5.74, 6) is 0. The predicted octanol–water partition coefficient (Wildman–Crippen LogP) is 15.0. The van der Waals surface area contributed by atoms with E-state index in [0.717, 1.165) is 19.3 Å². The van der Waals surface area contributed by atoms with Gasteiger partial charge in [-0.15, -0.1) is 11.8 Å². The van der Waals surface area contributed by atoms with Gasteiger partial charge in [0.25, 0.3) is 0 Å². The van der Waals surface area contributed by atoms with Crippen LogP contribution in [0.25, 0.3) is 77.4 Å². The van der Waals surface area contributed by atoms with Crippen LogP contribution in [0, 0.1) is 0 Å². The summed E-state index contributed by atoms with van der Waals surface area (Å²) in [4.78, 5) is 1.42. The zero-order valence-electron chi connectivity index (χ0n) is 31.7. The highest BCUT2D eigenvalue weighted by Gasteiger charge is 2.42. The van der Waals surface area contributed by atoms with E-state index in [9.17, 15) is 0 Å². The Labute approximate surface area is 332 Å². The summed E-state index contributed by atoms with van der Waals surface area (Å²) in [7, 11) is 0. The van der Waals surface area contributed by atoms with Gasteiger partial charge in [0.1, 0.15) is 0 Å². The lowest BCUT2D eigenvalue weighted by molar-refractivity contribution is 0.650. The molecule has 0 spiro atoms. The molecule has 0 bridgehead atoms. The van der Waals surface area contributed by atoms with E-state index in [2.05, 4.69) is 189 Å². The molecule has 4 aliphatic rings. The Morgan fingerprint density at radius 2 is 1.23 bits per heavy atom. The van der Waals surface area contributed by atoms with Gasteiger partial charge in [0, 0.05) is 15.6 Å². The van der Waals surface area contributed by atoms with Gasteiger partial charge in [0.2, 0.25) is 0 Å². The molecule has 1 aliphatic heterocycles. The van der Waals surface area contributed by atoms with Gasteiger partial charge < -0.3 is 0 Å². The Balaban J connectivity index is 1.09. The zero-order chi connectivity index (χ0) is 37.1. The Morgan fingerprint density at radius 1 is 0.571 bits per heavy atom. The molecule has 8 aromatic carbocycles. The second-order valence-corrected chi connectivity index (χ2v) is 17.8. The molecule has 0 fully saturated rings. The van der Waals surface area contributed by atoms with Gasteiger partial charge in [-0.3, -0.25) is 0 Å². The summed E-state index contributed by atoms with van der Waals surface area (Å²) >= 11 is 2.06. The van der Waals surface area contributed by atoms with Crippen molar-refractivity contribution in [2.75, 3.05) is 0 Å². The molecule has 1 unspecified atom stereocenters. The van der Waals surface area contributed by atoms with Crippen molar-refractivity contribution >= 4 is 66.9 Å². The third-order valence-electron chi connectivity index (χ3n) is 13.2. The molecule has 12 rings (SSSR count). The molecular formula is C55H40S. The molecule has 1 atom stereocenters.